The molecule has 3 rings (SSSR count). The minimum atomic E-state index is -0.572. The predicted molar refractivity (Wildman–Crippen MR) is 101 cm³/mol. The van der Waals surface area contributed by atoms with Crippen molar-refractivity contribution >= 4 is 17.7 Å². The van der Waals surface area contributed by atoms with Crippen LogP contribution in [0, 0.1) is 0 Å². The lowest BCUT2D eigenvalue weighted by atomic mass is 9.75. The molecule has 7 heteroatoms. The molecule has 1 aliphatic heterocycles. The third kappa shape index (κ3) is 3.52. The molecule has 0 saturated heterocycles. The highest BCUT2D eigenvalue weighted by Gasteiger charge is 2.39. The fourth-order valence-corrected chi connectivity index (χ4v) is 3.80. The SMILES string of the molecule is COC(=O)C1=C(C)NC2=C(C(=O)CCC2)C1c1ccc(OC(C)=O)c(OC)c1. The second kappa shape index (κ2) is 7.88. The van der Waals surface area contributed by atoms with Crippen molar-refractivity contribution in [3.8, 4) is 11.5 Å². The number of Topliss-reactive ketones (excluding diaryl/α,β-unsaturated/α-hetero) is 1. The summed E-state index contributed by atoms with van der Waals surface area (Å²) in [5.74, 6) is -0.905. The van der Waals surface area contributed by atoms with Gasteiger partial charge in [-0.3, -0.25) is 9.59 Å². The monoisotopic (exact) mass is 385 g/mol. The van der Waals surface area contributed by atoms with Crippen molar-refractivity contribution in [3.05, 3.63) is 46.3 Å². The molecule has 1 aromatic rings. The Hall–Kier alpha value is -3.09. The Labute approximate surface area is 163 Å². The Balaban J connectivity index is 2.17. The van der Waals surface area contributed by atoms with E-state index in [2.05, 4.69) is 5.32 Å². The van der Waals surface area contributed by atoms with Crippen molar-refractivity contribution in [1.29, 1.82) is 0 Å². The highest BCUT2D eigenvalue weighted by atomic mass is 16.6. The standard InChI is InChI=1S/C21H23NO6/c1-11-18(21(25)27-4)19(20-14(22-11)6-5-7-15(20)24)13-8-9-16(28-12(2)23)17(10-13)26-3/h8-10,19,22H,5-7H2,1-4H3. The molecule has 0 fully saturated rings. The smallest absolute Gasteiger partial charge is 0.336 e. The average Bonchev–Trinajstić information content (AvgIpc) is 2.66. The molecule has 1 unspecified atom stereocenters. The van der Waals surface area contributed by atoms with Gasteiger partial charge in [-0.2, -0.15) is 0 Å². The molecule has 28 heavy (non-hydrogen) atoms. The number of carbonyl (C=O) groups excluding carboxylic acids is 3. The number of hydrogen-bond donors (Lipinski definition) is 1. The van der Waals surface area contributed by atoms with E-state index in [0.717, 1.165) is 18.5 Å². The van der Waals surface area contributed by atoms with Crippen molar-refractivity contribution in [2.24, 2.45) is 0 Å². The van der Waals surface area contributed by atoms with Crippen LogP contribution in [-0.2, 0) is 19.1 Å². The topological polar surface area (TPSA) is 90.9 Å². The van der Waals surface area contributed by atoms with Gasteiger partial charge in [0.05, 0.1) is 19.8 Å². The molecule has 148 valence electrons. The normalized spacial score (nSPS) is 19.0. The van der Waals surface area contributed by atoms with Crippen LogP contribution < -0.4 is 14.8 Å². The second-order valence-electron chi connectivity index (χ2n) is 6.76. The molecule has 1 aliphatic carbocycles. The minimum Gasteiger partial charge on any atom is -0.493 e. The Morgan fingerprint density at radius 1 is 1.14 bits per heavy atom. The van der Waals surface area contributed by atoms with Crippen molar-refractivity contribution in [2.75, 3.05) is 14.2 Å². The summed E-state index contributed by atoms with van der Waals surface area (Å²) in [5.41, 5.74) is 3.16. The number of carbonyl (C=O) groups is 3. The third-order valence-corrected chi connectivity index (χ3v) is 4.96. The molecular formula is C21H23NO6. The van der Waals surface area contributed by atoms with Gasteiger partial charge in [0.15, 0.2) is 17.3 Å². The first kappa shape index (κ1) is 19.7. The summed E-state index contributed by atoms with van der Waals surface area (Å²) in [6.45, 7) is 3.10. The minimum absolute atomic E-state index is 0.00989. The van der Waals surface area contributed by atoms with Crippen LogP contribution in [0.2, 0.25) is 0 Å². The van der Waals surface area contributed by atoms with E-state index in [1.54, 1.807) is 25.1 Å². The number of dihydropyridines is 1. The molecule has 1 atom stereocenters. The largest absolute Gasteiger partial charge is 0.493 e. The lowest BCUT2D eigenvalue weighted by molar-refractivity contribution is -0.136. The summed E-state index contributed by atoms with van der Waals surface area (Å²) >= 11 is 0. The lowest BCUT2D eigenvalue weighted by Crippen LogP contribution is -2.34. The van der Waals surface area contributed by atoms with Gasteiger partial charge in [-0.15, -0.1) is 0 Å². The first-order chi connectivity index (χ1) is 13.4. The molecule has 7 nitrogen and oxygen atoms in total. The molecule has 2 aliphatic rings. The number of allylic oxidation sites excluding steroid dienone is 3. The van der Waals surface area contributed by atoms with Gasteiger partial charge in [0, 0.05) is 36.2 Å². The van der Waals surface area contributed by atoms with E-state index in [1.165, 1.54) is 21.1 Å². The van der Waals surface area contributed by atoms with E-state index in [0.29, 0.717) is 34.6 Å². The quantitative estimate of drug-likeness (QED) is 0.629. The molecule has 0 aromatic heterocycles. The van der Waals surface area contributed by atoms with Crippen molar-refractivity contribution in [1.82, 2.24) is 5.32 Å². The van der Waals surface area contributed by atoms with Gasteiger partial charge in [-0.25, -0.2) is 4.79 Å². The number of esters is 2. The molecular weight excluding hydrogens is 362 g/mol. The van der Waals surface area contributed by atoms with Crippen molar-refractivity contribution < 1.29 is 28.6 Å². The van der Waals surface area contributed by atoms with Crippen LogP contribution in [-0.4, -0.2) is 31.9 Å². The van der Waals surface area contributed by atoms with Crippen LogP contribution in [0.25, 0.3) is 0 Å². The Morgan fingerprint density at radius 3 is 2.54 bits per heavy atom. The molecule has 0 bridgehead atoms. The number of benzene rings is 1. The number of ether oxygens (including phenoxy) is 3. The third-order valence-electron chi connectivity index (χ3n) is 4.96. The first-order valence-electron chi connectivity index (χ1n) is 9.06. The maximum Gasteiger partial charge on any atom is 0.336 e. The van der Waals surface area contributed by atoms with Gasteiger partial charge >= 0.3 is 11.9 Å². The molecule has 1 N–H and O–H groups in total. The molecule has 0 saturated carbocycles. The molecule has 0 amide bonds. The van der Waals surface area contributed by atoms with E-state index in [4.69, 9.17) is 14.2 Å². The maximum atomic E-state index is 12.8. The number of ketones is 1. The van der Waals surface area contributed by atoms with Crippen LogP contribution in [0.3, 0.4) is 0 Å². The fourth-order valence-electron chi connectivity index (χ4n) is 3.80. The number of nitrogens with one attached hydrogen (secondary N) is 1. The molecule has 1 aromatic carbocycles. The van der Waals surface area contributed by atoms with Gasteiger partial charge in [0.1, 0.15) is 0 Å². The number of rotatable bonds is 4. The van der Waals surface area contributed by atoms with E-state index in [-0.39, 0.29) is 11.5 Å². The summed E-state index contributed by atoms with van der Waals surface area (Å²) in [7, 11) is 2.78. The maximum absolute atomic E-state index is 12.8. The van der Waals surface area contributed by atoms with Crippen LogP contribution in [0.15, 0.2) is 40.7 Å². The number of methoxy groups -OCH3 is 2. The van der Waals surface area contributed by atoms with Crippen LogP contribution in [0.5, 0.6) is 11.5 Å². The summed E-state index contributed by atoms with van der Waals surface area (Å²) < 4.78 is 15.5. The average molecular weight is 385 g/mol. The zero-order valence-corrected chi connectivity index (χ0v) is 16.4. The van der Waals surface area contributed by atoms with E-state index in [1.807, 2.05) is 0 Å². The summed E-state index contributed by atoms with van der Waals surface area (Å²) in [6.07, 6.45) is 1.95. The fraction of sp³-hybridized carbons (Fsp3) is 0.381. The second-order valence-corrected chi connectivity index (χ2v) is 6.76. The Kier molecular flexibility index (Phi) is 5.53. The zero-order valence-electron chi connectivity index (χ0n) is 16.4. The van der Waals surface area contributed by atoms with Crippen LogP contribution in [0.1, 0.15) is 44.6 Å². The Morgan fingerprint density at radius 2 is 1.89 bits per heavy atom. The van der Waals surface area contributed by atoms with Crippen LogP contribution >= 0.6 is 0 Å². The molecule has 1 heterocycles. The van der Waals surface area contributed by atoms with Gasteiger partial charge in [0.25, 0.3) is 0 Å². The van der Waals surface area contributed by atoms with Gasteiger partial charge < -0.3 is 19.5 Å². The summed E-state index contributed by atoms with van der Waals surface area (Å²) in [4.78, 5) is 36.6. The van der Waals surface area contributed by atoms with Gasteiger partial charge in [-0.05, 0) is 37.5 Å². The summed E-state index contributed by atoms with van der Waals surface area (Å²) in [6, 6.07) is 5.03. The summed E-state index contributed by atoms with van der Waals surface area (Å²) in [5, 5.41) is 3.22. The van der Waals surface area contributed by atoms with Gasteiger partial charge in [-0.1, -0.05) is 6.07 Å². The number of hydrogen-bond acceptors (Lipinski definition) is 7. The Bertz CT molecular complexity index is 911. The highest BCUT2D eigenvalue weighted by molar-refractivity contribution is 6.03. The first-order valence-corrected chi connectivity index (χ1v) is 9.06. The van der Waals surface area contributed by atoms with Gasteiger partial charge in [0.2, 0.25) is 0 Å². The predicted octanol–water partition coefficient (Wildman–Crippen LogP) is 2.76. The van der Waals surface area contributed by atoms with E-state index in [9.17, 15) is 14.4 Å². The molecule has 0 spiro atoms. The van der Waals surface area contributed by atoms with Crippen LogP contribution in [0.4, 0.5) is 0 Å². The lowest BCUT2D eigenvalue weighted by Gasteiger charge is -2.34. The molecule has 0 radical (unpaired) electrons. The van der Waals surface area contributed by atoms with E-state index >= 15 is 0 Å². The zero-order chi connectivity index (χ0) is 20.4. The highest BCUT2D eigenvalue weighted by Crippen LogP contribution is 2.44. The van der Waals surface area contributed by atoms with Crippen molar-refractivity contribution in [2.45, 2.75) is 39.0 Å². The van der Waals surface area contributed by atoms with E-state index < -0.39 is 17.9 Å². The van der Waals surface area contributed by atoms with Crippen molar-refractivity contribution in [3.63, 3.8) is 0 Å².